The van der Waals surface area contributed by atoms with E-state index in [4.69, 9.17) is 9.47 Å². The van der Waals surface area contributed by atoms with Gasteiger partial charge in [-0.05, 0) is 46.0 Å². The van der Waals surface area contributed by atoms with Gasteiger partial charge in [0.05, 0.1) is 12.7 Å². The molecule has 0 aliphatic heterocycles. The van der Waals surface area contributed by atoms with E-state index < -0.39 is 5.54 Å². The minimum atomic E-state index is -0.617. The largest absolute Gasteiger partial charge is 0.465 e. The van der Waals surface area contributed by atoms with Crippen molar-refractivity contribution in [3.05, 3.63) is 0 Å². The van der Waals surface area contributed by atoms with Crippen molar-refractivity contribution in [3.63, 3.8) is 0 Å². The predicted octanol–water partition coefficient (Wildman–Crippen LogP) is 2.51. The van der Waals surface area contributed by atoms with Crippen LogP contribution in [-0.4, -0.2) is 36.9 Å². The van der Waals surface area contributed by atoms with Crippen LogP contribution in [0.5, 0.6) is 0 Å². The fourth-order valence-corrected chi connectivity index (χ4v) is 1.84. The van der Waals surface area contributed by atoms with Gasteiger partial charge in [0, 0.05) is 12.6 Å². The van der Waals surface area contributed by atoms with Crippen LogP contribution in [0.25, 0.3) is 0 Å². The number of esters is 1. The number of ether oxygens (including phenoxy) is 2. The van der Waals surface area contributed by atoms with Crippen LogP contribution in [-0.2, 0) is 14.3 Å². The molecule has 4 heteroatoms. The Bertz CT molecular complexity index is 289. The highest BCUT2D eigenvalue weighted by molar-refractivity contribution is 5.80. The molecule has 1 rings (SSSR count). The van der Waals surface area contributed by atoms with E-state index >= 15 is 0 Å². The highest BCUT2D eigenvalue weighted by Gasteiger charge is 2.39. The summed E-state index contributed by atoms with van der Waals surface area (Å²) in [5, 5.41) is 3.40. The molecule has 0 radical (unpaired) electrons. The van der Waals surface area contributed by atoms with Crippen molar-refractivity contribution in [2.24, 2.45) is 5.92 Å². The Hall–Kier alpha value is -0.610. The van der Waals surface area contributed by atoms with Crippen molar-refractivity contribution in [2.45, 2.75) is 71.6 Å². The van der Waals surface area contributed by atoms with E-state index in [0.717, 1.165) is 12.8 Å². The normalized spacial score (nSPS) is 20.1. The van der Waals surface area contributed by atoms with Crippen molar-refractivity contribution < 1.29 is 14.3 Å². The van der Waals surface area contributed by atoms with E-state index in [1.165, 1.54) is 0 Å². The first-order valence-corrected chi connectivity index (χ1v) is 7.45. The maximum atomic E-state index is 12.1. The first-order valence-electron chi connectivity index (χ1n) is 7.45. The summed E-state index contributed by atoms with van der Waals surface area (Å²) in [6.45, 7) is 11.1. The van der Waals surface area contributed by atoms with Crippen LogP contribution in [0.3, 0.4) is 0 Å². The second-order valence-electron chi connectivity index (χ2n) is 6.04. The Labute approximate surface area is 117 Å². The first-order chi connectivity index (χ1) is 8.89. The third kappa shape index (κ3) is 5.49. The standard InChI is InChI=1S/C15H29NO3/c1-6-18-14(17)15(5,16-13-7-8-13)9-10-19-12(4)11(2)3/h11-13,16H,6-10H2,1-5H3. The van der Waals surface area contributed by atoms with Gasteiger partial charge in [-0.3, -0.25) is 10.1 Å². The highest BCUT2D eigenvalue weighted by atomic mass is 16.5. The van der Waals surface area contributed by atoms with E-state index in [1.807, 2.05) is 13.8 Å². The third-order valence-electron chi connectivity index (χ3n) is 3.75. The van der Waals surface area contributed by atoms with Crippen LogP contribution in [0.1, 0.15) is 53.9 Å². The van der Waals surface area contributed by atoms with Gasteiger partial charge in [0.25, 0.3) is 0 Å². The molecule has 2 unspecified atom stereocenters. The van der Waals surface area contributed by atoms with E-state index in [9.17, 15) is 4.79 Å². The third-order valence-corrected chi connectivity index (χ3v) is 3.75. The minimum absolute atomic E-state index is 0.164. The SMILES string of the molecule is CCOC(=O)C(C)(CCOC(C)C(C)C)NC1CC1. The van der Waals surface area contributed by atoms with Crippen LogP contribution in [0.2, 0.25) is 0 Å². The molecular formula is C15H29NO3. The number of nitrogens with one attached hydrogen (secondary N) is 1. The molecule has 0 saturated heterocycles. The van der Waals surface area contributed by atoms with Crippen molar-refractivity contribution in [3.8, 4) is 0 Å². The lowest BCUT2D eigenvalue weighted by atomic mass is 9.98. The summed E-state index contributed by atoms with van der Waals surface area (Å²) in [4.78, 5) is 12.1. The van der Waals surface area contributed by atoms with Gasteiger partial charge in [0.15, 0.2) is 0 Å². The van der Waals surface area contributed by atoms with Gasteiger partial charge in [-0.1, -0.05) is 13.8 Å². The number of carbonyl (C=O) groups excluding carboxylic acids is 1. The molecule has 19 heavy (non-hydrogen) atoms. The predicted molar refractivity (Wildman–Crippen MR) is 76.1 cm³/mol. The number of carbonyl (C=O) groups is 1. The Kier molecular flexibility index (Phi) is 6.27. The summed E-state index contributed by atoms with van der Waals surface area (Å²) in [6.07, 6.45) is 3.17. The molecule has 0 bridgehead atoms. The molecule has 1 aliphatic rings. The van der Waals surface area contributed by atoms with Crippen molar-refractivity contribution in [2.75, 3.05) is 13.2 Å². The molecule has 1 fully saturated rings. The second kappa shape index (κ2) is 7.25. The molecule has 2 atom stereocenters. The van der Waals surface area contributed by atoms with Crippen LogP contribution in [0, 0.1) is 5.92 Å². The Morgan fingerprint density at radius 3 is 2.47 bits per heavy atom. The summed E-state index contributed by atoms with van der Waals surface area (Å²) < 4.78 is 11.0. The molecule has 1 saturated carbocycles. The Morgan fingerprint density at radius 1 is 1.37 bits per heavy atom. The van der Waals surface area contributed by atoms with Crippen LogP contribution in [0.15, 0.2) is 0 Å². The van der Waals surface area contributed by atoms with E-state index in [2.05, 4.69) is 26.1 Å². The molecule has 0 heterocycles. The lowest BCUT2D eigenvalue weighted by molar-refractivity contribution is -0.151. The van der Waals surface area contributed by atoms with Crippen LogP contribution >= 0.6 is 0 Å². The topological polar surface area (TPSA) is 47.6 Å². The van der Waals surface area contributed by atoms with E-state index in [-0.39, 0.29) is 12.1 Å². The van der Waals surface area contributed by atoms with Gasteiger partial charge < -0.3 is 9.47 Å². The summed E-state index contributed by atoms with van der Waals surface area (Å²) >= 11 is 0. The summed E-state index contributed by atoms with van der Waals surface area (Å²) in [7, 11) is 0. The van der Waals surface area contributed by atoms with Gasteiger partial charge >= 0.3 is 5.97 Å². The van der Waals surface area contributed by atoms with Crippen molar-refractivity contribution in [1.29, 1.82) is 0 Å². The van der Waals surface area contributed by atoms with E-state index in [1.54, 1.807) is 0 Å². The fourth-order valence-electron chi connectivity index (χ4n) is 1.84. The molecule has 0 aromatic heterocycles. The minimum Gasteiger partial charge on any atom is -0.465 e. The maximum Gasteiger partial charge on any atom is 0.326 e. The van der Waals surface area contributed by atoms with Crippen molar-refractivity contribution >= 4 is 5.97 Å². The molecular weight excluding hydrogens is 242 g/mol. The molecule has 112 valence electrons. The van der Waals surface area contributed by atoms with Gasteiger partial charge in [-0.2, -0.15) is 0 Å². The van der Waals surface area contributed by atoms with Crippen molar-refractivity contribution in [1.82, 2.24) is 5.32 Å². The van der Waals surface area contributed by atoms with Crippen LogP contribution in [0.4, 0.5) is 0 Å². The lowest BCUT2D eigenvalue weighted by Crippen LogP contribution is -2.52. The average Bonchev–Trinajstić information content (AvgIpc) is 3.12. The maximum absolute atomic E-state index is 12.1. The zero-order chi connectivity index (χ0) is 14.5. The monoisotopic (exact) mass is 271 g/mol. The molecule has 4 nitrogen and oxygen atoms in total. The lowest BCUT2D eigenvalue weighted by Gasteiger charge is -2.29. The number of hydrogen-bond donors (Lipinski definition) is 1. The fraction of sp³-hybridized carbons (Fsp3) is 0.933. The van der Waals surface area contributed by atoms with E-state index in [0.29, 0.717) is 31.6 Å². The smallest absolute Gasteiger partial charge is 0.326 e. The van der Waals surface area contributed by atoms with Gasteiger partial charge in [0.2, 0.25) is 0 Å². The average molecular weight is 271 g/mol. The molecule has 1 aliphatic carbocycles. The Balaban J connectivity index is 2.46. The molecule has 1 N–H and O–H groups in total. The van der Waals surface area contributed by atoms with Gasteiger partial charge in [-0.15, -0.1) is 0 Å². The van der Waals surface area contributed by atoms with Gasteiger partial charge in [-0.25, -0.2) is 0 Å². The molecule has 0 amide bonds. The number of rotatable bonds is 9. The zero-order valence-electron chi connectivity index (χ0n) is 13.0. The van der Waals surface area contributed by atoms with Gasteiger partial charge in [0.1, 0.15) is 5.54 Å². The Morgan fingerprint density at radius 2 is 2.00 bits per heavy atom. The highest BCUT2D eigenvalue weighted by Crippen LogP contribution is 2.25. The molecule has 0 aromatic carbocycles. The zero-order valence-corrected chi connectivity index (χ0v) is 13.0. The molecule has 0 spiro atoms. The summed E-state index contributed by atoms with van der Waals surface area (Å²) in [5.74, 6) is 0.327. The number of hydrogen-bond acceptors (Lipinski definition) is 4. The summed E-state index contributed by atoms with van der Waals surface area (Å²) in [5.41, 5.74) is -0.617. The first kappa shape index (κ1) is 16.4. The quantitative estimate of drug-likeness (QED) is 0.655. The second-order valence-corrected chi connectivity index (χ2v) is 6.04. The molecule has 0 aromatic rings. The summed E-state index contributed by atoms with van der Waals surface area (Å²) in [6, 6.07) is 0.469. The van der Waals surface area contributed by atoms with Crippen LogP contribution < -0.4 is 5.32 Å².